The lowest BCUT2D eigenvalue weighted by molar-refractivity contribution is 0.976. The van der Waals surface area contributed by atoms with Gasteiger partial charge in [0.1, 0.15) is 5.82 Å². The number of rotatable bonds is 17. The van der Waals surface area contributed by atoms with E-state index in [2.05, 4.69) is 462 Å². The molecule has 6 aromatic heterocycles. The molecule has 25 aromatic rings. The van der Waals surface area contributed by atoms with Crippen molar-refractivity contribution in [3.63, 3.8) is 0 Å². The zero-order valence-corrected chi connectivity index (χ0v) is 78.3. The standard InChI is InChI=1S/C53H34N2.C42H30N2.C40H28N4/c1-2-16-44(17-3-1)55-50-21-11-10-20-49(50)54-53(55)38-26-22-37(23-27-38)41-30-31-47-48(34-41)52(43-29-25-36-13-5-7-15-40(36)33-43)46-19-9-8-18-45(46)51(47)42-28-24-35-12-4-6-14-39(35)32-42;1-2-8-29(9-3-1)34-16-17-39-40(28-34)42(36-13-7-11-33(27-36)31-20-24-44-25-21-31)38-15-5-4-14-37(38)41(39)35-12-6-10-32(26-35)30-18-22-43-23-19-30;1-2-32-35(20-17-28-11-4-3-5-12-28)40(31-19-22-38(44-27-31)37-16-8-9-24-42-37)34-15-7-6-14-33(34)39(32)30-18-21-36(43-26-30)29-13-10-23-41-25-29/h1-34H;1-22,24-28,43H,23H2;2-27H,1H2/b;;20-17+. The molecule has 19 aromatic carbocycles. The predicted molar refractivity (Wildman–Crippen MR) is 601 cm³/mol. The van der Waals surface area contributed by atoms with Crippen LogP contribution in [0.3, 0.4) is 0 Å². The van der Waals surface area contributed by atoms with Gasteiger partial charge in [-0.3, -0.25) is 29.5 Å². The van der Waals surface area contributed by atoms with E-state index in [9.17, 15) is 0 Å². The van der Waals surface area contributed by atoms with Crippen molar-refractivity contribution in [3.05, 3.63) is 539 Å². The molecule has 0 aliphatic carbocycles. The Kier molecular flexibility index (Phi) is 23.6. The largest absolute Gasteiger partial charge is 0.387 e. The molecule has 1 aliphatic rings. The van der Waals surface area contributed by atoms with Gasteiger partial charge in [0, 0.05) is 77.9 Å². The predicted octanol–water partition coefficient (Wildman–Crippen LogP) is 34.8. The third-order valence-corrected chi connectivity index (χ3v) is 27.5. The van der Waals surface area contributed by atoms with Crippen LogP contribution in [-0.2, 0) is 0 Å². The summed E-state index contributed by atoms with van der Waals surface area (Å²) in [5, 5.41) is 20.5. The van der Waals surface area contributed by atoms with Crippen LogP contribution in [0.4, 0.5) is 0 Å². The molecule has 0 saturated carbocycles. The van der Waals surface area contributed by atoms with Crippen molar-refractivity contribution < 1.29 is 0 Å². The zero-order valence-electron chi connectivity index (χ0n) is 78.3. The summed E-state index contributed by atoms with van der Waals surface area (Å²) in [5.41, 5.74) is 34.8. The number of benzene rings is 19. The number of imidazole rings is 1. The number of pyridine rings is 5. The topological polar surface area (TPSA) is 94.3 Å². The van der Waals surface area contributed by atoms with Crippen molar-refractivity contribution in [2.75, 3.05) is 6.54 Å². The number of nitrogens with zero attached hydrogens (tertiary/aromatic N) is 7. The summed E-state index contributed by atoms with van der Waals surface area (Å²) in [5.74, 6) is 0.933. The highest BCUT2D eigenvalue weighted by Gasteiger charge is 2.25. The van der Waals surface area contributed by atoms with Crippen LogP contribution in [-0.4, -0.2) is 41.0 Å². The van der Waals surface area contributed by atoms with Gasteiger partial charge >= 0.3 is 0 Å². The molecule has 672 valence electrons. The second kappa shape index (κ2) is 38.9. The summed E-state index contributed by atoms with van der Waals surface area (Å²) in [7, 11) is 0. The Hall–Kier alpha value is -19.0. The third kappa shape index (κ3) is 17.1. The first-order valence-corrected chi connectivity index (χ1v) is 48.5. The number of hydrogen-bond donors (Lipinski definition) is 1. The number of allylic oxidation sites excluding steroid dienone is 2. The third-order valence-electron chi connectivity index (χ3n) is 27.5. The maximum Gasteiger partial charge on any atom is 0.145 e. The molecule has 8 heteroatoms. The van der Waals surface area contributed by atoms with Crippen LogP contribution in [0.2, 0.25) is 0 Å². The van der Waals surface area contributed by atoms with Gasteiger partial charge in [0.05, 0.1) is 28.1 Å². The average Bonchev–Trinajstić information content (AvgIpc) is 1.43. The zero-order chi connectivity index (χ0) is 95.3. The van der Waals surface area contributed by atoms with Crippen LogP contribution in [0.15, 0.2) is 517 Å². The molecule has 0 amide bonds. The highest BCUT2D eigenvalue weighted by atomic mass is 15.1. The highest BCUT2D eigenvalue weighted by Crippen LogP contribution is 2.51. The van der Waals surface area contributed by atoms with E-state index in [0.29, 0.717) is 0 Å². The molecule has 0 bridgehead atoms. The van der Waals surface area contributed by atoms with Crippen molar-refractivity contribution in [1.29, 1.82) is 0 Å². The summed E-state index contributed by atoms with van der Waals surface area (Å²) >= 11 is 0. The first kappa shape index (κ1) is 86.8. The fourth-order valence-corrected chi connectivity index (χ4v) is 20.7. The van der Waals surface area contributed by atoms with Gasteiger partial charge < -0.3 is 5.32 Å². The van der Waals surface area contributed by atoms with E-state index < -0.39 is 0 Å². The van der Waals surface area contributed by atoms with E-state index in [1.165, 1.54) is 143 Å². The molecule has 143 heavy (non-hydrogen) atoms. The molecule has 7 heterocycles. The molecule has 0 atom stereocenters. The SMILES string of the molecule is C1=CC(c2cccc(-c3c4ccccc4c(-c4cccc(-c5ccncc5)c4)c4cc(-c5ccccc5)ccc34)c2)=CCN1.C=Cc1c(/C=C/c2ccccc2)c(-c2ccc(-c3ccccn3)nc2)c2ccccc2c1-c1ccc(-c2cccnc2)nc1.c1ccc(-n2c(-c3ccc(-c4ccc5c(-c6ccc7ccccc7c6)c6ccccc6c(-c6ccc7ccccc7c6)c5c4)cc3)nc3ccccc32)cc1. The molecular formula is C135H92N8. The second-order valence-corrected chi connectivity index (χ2v) is 36.0. The molecule has 1 aliphatic heterocycles. The van der Waals surface area contributed by atoms with E-state index in [1.54, 1.807) is 12.4 Å². The van der Waals surface area contributed by atoms with Gasteiger partial charge in [0.15, 0.2) is 0 Å². The average molecular weight is 1830 g/mol. The van der Waals surface area contributed by atoms with E-state index >= 15 is 0 Å². The highest BCUT2D eigenvalue weighted by molar-refractivity contribution is 6.25. The quantitative estimate of drug-likeness (QED) is 0.0717. The van der Waals surface area contributed by atoms with E-state index in [-0.39, 0.29) is 0 Å². The Balaban J connectivity index is 0.000000117. The summed E-state index contributed by atoms with van der Waals surface area (Å²) in [6.07, 6.45) is 25.8. The number of hydrogen-bond acceptors (Lipinski definition) is 7. The lowest BCUT2D eigenvalue weighted by atomic mass is 9.83. The second-order valence-electron chi connectivity index (χ2n) is 36.0. The molecule has 0 unspecified atom stereocenters. The normalized spacial score (nSPS) is 11.8. The Labute approximate surface area is 830 Å². The van der Waals surface area contributed by atoms with Crippen LogP contribution in [0.25, 0.3) is 250 Å². The van der Waals surface area contributed by atoms with Crippen molar-refractivity contribution in [2.45, 2.75) is 0 Å². The summed E-state index contributed by atoms with van der Waals surface area (Å²) in [4.78, 5) is 27.8. The van der Waals surface area contributed by atoms with Gasteiger partial charge in [0.2, 0.25) is 0 Å². The molecule has 0 saturated heterocycles. The Morgan fingerprint density at radius 2 is 0.699 bits per heavy atom. The molecule has 0 fully saturated rings. The lowest BCUT2D eigenvalue weighted by Gasteiger charge is -2.20. The first-order chi connectivity index (χ1) is 70.9. The van der Waals surface area contributed by atoms with Crippen LogP contribution in [0, 0.1) is 0 Å². The number of dihydropyridines is 1. The number of nitrogens with one attached hydrogen (secondary N) is 1. The first-order valence-electron chi connectivity index (χ1n) is 48.5. The van der Waals surface area contributed by atoms with Crippen LogP contribution >= 0.6 is 0 Å². The van der Waals surface area contributed by atoms with E-state index in [0.717, 1.165) is 118 Å². The Morgan fingerprint density at radius 1 is 0.259 bits per heavy atom. The number of fused-ring (bicyclic) bond motifs is 8. The summed E-state index contributed by atoms with van der Waals surface area (Å²) < 4.78 is 2.26. The summed E-state index contributed by atoms with van der Waals surface area (Å²) in [6.45, 7) is 5.15. The molecule has 0 radical (unpaired) electrons. The Bertz CT molecular complexity index is 9220. The van der Waals surface area contributed by atoms with Crippen molar-refractivity contribution in [3.8, 4) is 140 Å². The minimum absolute atomic E-state index is 0.834. The maximum atomic E-state index is 5.12. The van der Waals surface area contributed by atoms with Gasteiger partial charge in [-0.25, -0.2) is 4.98 Å². The van der Waals surface area contributed by atoms with Gasteiger partial charge in [-0.1, -0.05) is 371 Å². The fraction of sp³-hybridized carbons (Fsp3) is 0.00741. The number of para-hydroxylation sites is 3. The lowest BCUT2D eigenvalue weighted by Crippen LogP contribution is -2.08. The van der Waals surface area contributed by atoms with Crippen molar-refractivity contribution in [1.82, 2.24) is 39.8 Å². The maximum absolute atomic E-state index is 5.12. The smallest absolute Gasteiger partial charge is 0.145 e. The molecular weight excluding hydrogens is 1730 g/mol. The van der Waals surface area contributed by atoms with Crippen LogP contribution in [0.1, 0.15) is 22.3 Å². The number of aromatic nitrogens is 7. The van der Waals surface area contributed by atoms with Crippen molar-refractivity contribution in [2.24, 2.45) is 0 Å². The summed E-state index contributed by atoms with van der Waals surface area (Å²) in [6, 6.07) is 161. The van der Waals surface area contributed by atoms with Crippen LogP contribution < -0.4 is 5.32 Å². The van der Waals surface area contributed by atoms with Gasteiger partial charge in [-0.2, -0.15) is 0 Å². The molecule has 1 N–H and O–H groups in total. The van der Waals surface area contributed by atoms with Gasteiger partial charge in [0.25, 0.3) is 0 Å². The molecule has 8 nitrogen and oxygen atoms in total. The minimum Gasteiger partial charge on any atom is -0.387 e. The minimum atomic E-state index is 0.834. The van der Waals surface area contributed by atoms with Crippen LogP contribution in [0.5, 0.6) is 0 Å². The molecule has 0 spiro atoms. The van der Waals surface area contributed by atoms with E-state index in [4.69, 9.17) is 15.0 Å². The fourth-order valence-electron chi connectivity index (χ4n) is 20.7. The molecule has 26 rings (SSSR count). The Morgan fingerprint density at radius 3 is 1.27 bits per heavy atom. The van der Waals surface area contributed by atoms with Crippen molar-refractivity contribution >= 4 is 110 Å². The van der Waals surface area contributed by atoms with Gasteiger partial charge in [-0.15, -0.1) is 0 Å². The van der Waals surface area contributed by atoms with Gasteiger partial charge in [-0.05, 0) is 314 Å². The monoisotopic (exact) mass is 1820 g/mol. The van der Waals surface area contributed by atoms with E-state index in [1.807, 2.05) is 85.7 Å².